The fraction of sp³-hybridized carbons (Fsp3) is 0.148. The van der Waals surface area contributed by atoms with Gasteiger partial charge in [-0.2, -0.15) is 0 Å². The maximum absolute atomic E-state index is 12.8. The minimum atomic E-state index is -4.22. The summed E-state index contributed by atoms with van der Waals surface area (Å²) < 4.78 is 46.7. The molecule has 0 amide bonds. The van der Waals surface area contributed by atoms with Gasteiger partial charge in [0.2, 0.25) is 0 Å². The maximum atomic E-state index is 12.8. The van der Waals surface area contributed by atoms with Gasteiger partial charge < -0.3 is 19.1 Å². The SMILES string of the molecule is Cc1c(Cc2ccccc2)c(=O)oc2cc(OCCOc3no[n+]([O-])c3S(=O)(=O)c3ccccc3)ccc12. The van der Waals surface area contributed by atoms with Crippen molar-refractivity contribution in [1.82, 2.24) is 5.16 Å². The molecular weight excluding hydrogens is 512 g/mol. The molecular formula is C27H22N2O8S. The Bertz CT molecular complexity index is 1750. The van der Waals surface area contributed by atoms with Crippen molar-refractivity contribution >= 4 is 20.8 Å². The molecule has 0 unspecified atom stereocenters. The summed E-state index contributed by atoms with van der Waals surface area (Å²) in [5.41, 5.74) is 2.40. The third kappa shape index (κ3) is 4.96. The van der Waals surface area contributed by atoms with Crippen LogP contribution >= 0.6 is 0 Å². The second kappa shape index (κ2) is 10.4. The number of hydrogen-bond acceptors (Lipinski definition) is 9. The Morgan fingerprint density at radius 2 is 1.63 bits per heavy atom. The molecule has 2 aromatic heterocycles. The van der Waals surface area contributed by atoms with Crippen molar-refractivity contribution in [3.63, 3.8) is 0 Å². The van der Waals surface area contributed by atoms with Gasteiger partial charge in [0.15, 0.2) is 0 Å². The fourth-order valence-corrected chi connectivity index (χ4v) is 5.30. The number of aromatic nitrogens is 2. The zero-order valence-corrected chi connectivity index (χ0v) is 21.0. The molecule has 0 aliphatic carbocycles. The molecule has 0 N–H and O–H groups in total. The lowest BCUT2D eigenvalue weighted by molar-refractivity contribution is -0.832. The molecule has 5 aromatic rings. The Balaban J connectivity index is 1.27. The summed E-state index contributed by atoms with van der Waals surface area (Å²) >= 11 is 0. The average molecular weight is 535 g/mol. The largest absolute Gasteiger partial charge is 0.490 e. The number of sulfone groups is 1. The Kier molecular flexibility index (Phi) is 6.84. The molecule has 3 aromatic carbocycles. The van der Waals surface area contributed by atoms with Crippen LogP contribution in [0.4, 0.5) is 0 Å². The van der Waals surface area contributed by atoms with Crippen LogP contribution in [0, 0.1) is 12.1 Å². The zero-order chi connectivity index (χ0) is 26.7. The van der Waals surface area contributed by atoms with Gasteiger partial charge in [0.25, 0.3) is 9.84 Å². The fourth-order valence-electron chi connectivity index (χ4n) is 4.01. The summed E-state index contributed by atoms with van der Waals surface area (Å²) in [7, 11) is -4.22. The summed E-state index contributed by atoms with van der Waals surface area (Å²) in [5, 5.41) is 15.4. The smallest absolute Gasteiger partial charge is 0.415 e. The lowest BCUT2D eigenvalue weighted by Gasteiger charge is -2.10. The summed E-state index contributed by atoms with van der Waals surface area (Å²) in [6.07, 6.45) is 0.466. The van der Waals surface area contributed by atoms with E-state index in [0.29, 0.717) is 23.3 Å². The Morgan fingerprint density at radius 3 is 2.37 bits per heavy atom. The van der Waals surface area contributed by atoms with Crippen molar-refractivity contribution < 1.29 is 31.8 Å². The van der Waals surface area contributed by atoms with E-state index in [2.05, 4.69) is 9.79 Å². The van der Waals surface area contributed by atoms with Crippen molar-refractivity contribution in [1.29, 1.82) is 0 Å². The highest BCUT2D eigenvalue weighted by molar-refractivity contribution is 7.91. The van der Waals surface area contributed by atoms with E-state index < -0.39 is 26.4 Å². The number of aryl methyl sites for hydroxylation is 1. The van der Waals surface area contributed by atoms with E-state index in [0.717, 1.165) is 16.5 Å². The minimum Gasteiger partial charge on any atom is -0.490 e. The van der Waals surface area contributed by atoms with Gasteiger partial charge in [-0.3, -0.25) is 4.63 Å². The molecule has 0 bridgehead atoms. The van der Waals surface area contributed by atoms with E-state index >= 15 is 0 Å². The highest BCUT2D eigenvalue weighted by Gasteiger charge is 2.35. The normalized spacial score (nSPS) is 11.5. The van der Waals surface area contributed by atoms with Gasteiger partial charge in [-0.25, -0.2) is 13.2 Å². The second-order valence-corrected chi connectivity index (χ2v) is 10.2. The molecule has 0 aliphatic rings. The van der Waals surface area contributed by atoms with E-state index in [1.54, 1.807) is 24.3 Å². The van der Waals surface area contributed by atoms with Gasteiger partial charge in [0, 0.05) is 23.4 Å². The number of nitrogens with zero attached hydrogens (tertiary/aromatic N) is 2. The topological polar surface area (TPSA) is 136 Å². The zero-order valence-electron chi connectivity index (χ0n) is 20.2. The van der Waals surface area contributed by atoms with Crippen molar-refractivity contribution in [3.05, 3.63) is 111 Å². The molecule has 0 fully saturated rings. The van der Waals surface area contributed by atoms with Gasteiger partial charge in [-0.15, -0.1) is 0 Å². The number of ether oxygens (including phenoxy) is 2. The predicted octanol–water partition coefficient (Wildman–Crippen LogP) is 3.60. The highest BCUT2D eigenvalue weighted by atomic mass is 32.2. The highest BCUT2D eigenvalue weighted by Crippen LogP contribution is 2.26. The first-order valence-corrected chi connectivity index (χ1v) is 13.1. The third-order valence-electron chi connectivity index (χ3n) is 5.93. The van der Waals surface area contributed by atoms with E-state index in [-0.39, 0.29) is 23.0 Å². The quantitative estimate of drug-likeness (QED) is 0.158. The molecule has 0 atom stereocenters. The third-order valence-corrected chi connectivity index (χ3v) is 7.65. The van der Waals surface area contributed by atoms with E-state index in [4.69, 9.17) is 13.9 Å². The molecule has 10 nitrogen and oxygen atoms in total. The Morgan fingerprint density at radius 1 is 0.947 bits per heavy atom. The van der Waals surface area contributed by atoms with Crippen molar-refractivity contribution in [3.8, 4) is 11.6 Å². The van der Waals surface area contributed by atoms with Gasteiger partial charge in [-0.05, 0) is 47.2 Å². The first kappa shape index (κ1) is 25.0. The summed E-state index contributed by atoms with van der Waals surface area (Å²) in [6, 6.07) is 22.2. The molecule has 38 heavy (non-hydrogen) atoms. The molecule has 0 saturated carbocycles. The summed E-state index contributed by atoms with van der Waals surface area (Å²) in [4.78, 5) is 12.4. The number of hydrogen-bond donors (Lipinski definition) is 0. The second-order valence-electron chi connectivity index (χ2n) is 8.37. The van der Waals surface area contributed by atoms with Crippen molar-refractivity contribution in [2.45, 2.75) is 23.3 Å². The summed E-state index contributed by atoms with van der Waals surface area (Å²) in [5.74, 6) is -0.0610. The Hall–Kier alpha value is -4.64. The molecule has 0 radical (unpaired) electrons. The van der Waals surface area contributed by atoms with Crippen LogP contribution < -0.4 is 20.0 Å². The van der Waals surface area contributed by atoms with Crippen LogP contribution in [0.2, 0.25) is 0 Å². The molecule has 0 aliphatic heterocycles. The maximum Gasteiger partial charge on any atom is 0.415 e. The van der Waals surface area contributed by atoms with Crippen LogP contribution in [0.25, 0.3) is 11.0 Å². The van der Waals surface area contributed by atoms with Crippen molar-refractivity contribution in [2.75, 3.05) is 13.2 Å². The molecule has 5 rings (SSSR count). The number of fused-ring (bicyclic) bond motifs is 1. The lowest BCUT2D eigenvalue weighted by Crippen LogP contribution is -2.31. The summed E-state index contributed by atoms with van der Waals surface area (Å²) in [6.45, 7) is 1.73. The van der Waals surface area contributed by atoms with Crippen molar-refractivity contribution in [2.24, 2.45) is 0 Å². The first-order valence-electron chi connectivity index (χ1n) is 11.6. The molecule has 11 heteroatoms. The average Bonchev–Trinajstić information content (AvgIpc) is 3.31. The van der Waals surface area contributed by atoms with Crippen LogP contribution in [0.1, 0.15) is 16.7 Å². The lowest BCUT2D eigenvalue weighted by atomic mass is 10.00. The van der Waals surface area contributed by atoms with Gasteiger partial charge in [-0.1, -0.05) is 48.5 Å². The number of rotatable bonds is 9. The predicted molar refractivity (Wildman–Crippen MR) is 135 cm³/mol. The number of benzene rings is 3. The first-order chi connectivity index (χ1) is 18.3. The van der Waals surface area contributed by atoms with Crippen LogP contribution in [-0.2, 0) is 16.3 Å². The molecule has 194 valence electrons. The van der Waals surface area contributed by atoms with Crippen LogP contribution in [0.3, 0.4) is 0 Å². The molecule has 2 heterocycles. The van der Waals surface area contributed by atoms with E-state index in [1.807, 2.05) is 37.3 Å². The standard InChI is InChI=1S/C27H22N2O8S/c1-18-22-13-12-20(17-24(22)36-27(30)23(18)16-19-8-4-2-5-9-19)34-14-15-35-25-26(29(31)37-28-25)38(32,33)21-10-6-3-7-11-21/h2-13,17H,14-16H2,1H3. The molecule has 0 saturated heterocycles. The van der Waals surface area contributed by atoms with E-state index in [1.165, 1.54) is 24.3 Å². The monoisotopic (exact) mass is 534 g/mol. The van der Waals surface area contributed by atoms with Crippen LogP contribution in [0.15, 0.2) is 103 Å². The Labute approximate surface area is 217 Å². The van der Waals surface area contributed by atoms with E-state index in [9.17, 15) is 18.4 Å². The van der Waals surface area contributed by atoms with Crippen LogP contribution in [0.5, 0.6) is 11.6 Å². The van der Waals surface area contributed by atoms with Gasteiger partial charge in [0.05, 0.1) is 10.1 Å². The van der Waals surface area contributed by atoms with Gasteiger partial charge >= 0.3 is 16.5 Å². The van der Waals surface area contributed by atoms with Gasteiger partial charge in [0.1, 0.15) is 24.5 Å². The molecule has 0 spiro atoms. The minimum absolute atomic E-state index is 0.0165. The van der Waals surface area contributed by atoms with Crippen LogP contribution in [-0.4, -0.2) is 26.8 Å².